The Morgan fingerprint density at radius 1 is 0.902 bits per heavy atom. The van der Waals surface area contributed by atoms with Gasteiger partial charge in [0.1, 0.15) is 12.4 Å². The number of alkyl halides is 3. The van der Waals surface area contributed by atoms with E-state index in [1.807, 2.05) is 88.4 Å². The van der Waals surface area contributed by atoms with Crippen molar-refractivity contribution < 1.29 is 22.8 Å². The van der Waals surface area contributed by atoms with Gasteiger partial charge in [-0.3, -0.25) is 9.59 Å². The topological polar surface area (TPSA) is 67.2 Å². The Morgan fingerprint density at radius 3 is 2.15 bits per heavy atom. The van der Waals surface area contributed by atoms with Crippen LogP contribution in [0.25, 0.3) is 5.69 Å². The lowest BCUT2D eigenvalue weighted by Crippen LogP contribution is -2.39. The minimum absolute atomic E-state index is 0.0684. The molecule has 9 heteroatoms. The molecule has 0 atom stereocenters. The van der Waals surface area contributed by atoms with E-state index in [0.29, 0.717) is 12.2 Å². The molecular formula is C32H33F3N4O2. The number of carbonyl (C=O) groups excluding carboxylic acids is 2. The number of nitrogens with one attached hydrogen (secondary N) is 1. The predicted molar refractivity (Wildman–Crippen MR) is 153 cm³/mol. The SMILES string of the molecule is Cc1ccccc1-n1nc(C(C)(C)C)cc1NC(=O)CN(CCc1ccccc1)C(=O)c1ccc(C(F)(F)F)cc1. The molecule has 3 aromatic carbocycles. The van der Waals surface area contributed by atoms with Gasteiger partial charge in [-0.1, -0.05) is 69.3 Å². The maximum atomic E-state index is 13.4. The summed E-state index contributed by atoms with van der Waals surface area (Å²) in [5.41, 5.74) is 2.45. The molecule has 0 unspecified atom stereocenters. The van der Waals surface area contributed by atoms with Crippen LogP contribution in [0.5, 0.6) is 0 Å². The summed E-state index contributed by atoms with van der Waals surface area (Å²) >= 11 is 0. The maximum Gasteiger partial charge on any atom is 0.416 e. The fourth-order valence-corrected chi connectivity index (χ4v) is 4.32. The number of halogens is 3. The Labute approximate surface area is 237 Å². The molecule has 0 saturated carbocycles. The number of amides is 2. The molecule has 4 rings (SSSR count). The average Bonchev–Trinajstić information content (AvgIpc) is 3.35. The molecule has 0 spiro atoms. The molecule has 214 valence electrons. The van der Waals surface area contributed by atoms with Gasteiger partial charge in [-0.15, -0.1) is 0 Å². The highest BCUT2D eigenvalue weighted by Gasteiger charge is 2.31. The molecule has 0 aliphatic carbocycles. The Bertz CT molecular complexity index is 1500. The van der Waals surface area contributed by atoms with Gasteiger partial charge in [-0.05, 0) is 54.8 Å². The number of hydrogen-bond donors (Lipinski definition) is 1. The van der Waals surface area contributed by atoms with Crippen molar-refractivity contribution in [2.45, 2.75) is 45.7 Å². The molecule has 41 heavy (non-hydrogen) atoms. The molecule has 6 nitrogen and oxygen atoms in total. The number of anilines is 1. The van der Waals surface area contributed by atoms with Gasteiger partial charge in [0, 0.05) is 23.6 Å². The highest BCUT2D eigenvalue weighted by molar-refractivity contribution is 5.99. The van der Waals surface area contributed by atoms with Crippen LogP contribution in [-0.4, -0.2) is 39.6 Å². The van der Waals surface area contributed by atoms with Crippen LogP contribution >= 0.6 is 0 Å². The quantitative estimate of drug-likeness (QED) is 0.256. The van der Waals surface area contributed by atoms with E-state index in [4.69, 9.17) is 5.10 Å². The van der Waals surface area contributed by atoms with Crippen LogP contribution in [0, 0.1) is 6.92 Å². The number of benzene rings is 3. The lowest BCUT2D eigenvalue weighted by atomic mass is 9.92. The molecule has 2 amide bonds. The molecule has 0 bridgehead atoms. The van der Waals surface area contributed by atoms with Crippen molar-refractivity contribution in [1.29, 1.82) is 0 Å². The summed E-state index contributed by atoms with van der Waals surface area (Å²) in [4.78, 5) is 28.2. The molecule has 0 fully saturated rings. The van der Waals surface area contributed by atoms with E-state index in [1.165, 1.54) is 4.90 Å². The Morgan fingerprint density at radius 2 is 1.54 bits per heavy atom. The summed E-state index contributed by atoms with van der Waals surface area (Å²) in [6.07, 6.45) is -4.05. The Balaban J connectivity index is 1.60. The highest BCUT2D eigenvalue weighted by atomic mass is 19.4. The number of para-hydroxylation sites is 1. The monoisotopic (exact) mass is 562 g/mol. The lowest BCUT2D eigenvalue weighted by Gasteiger charge is -2.23. The third-order valence-corrected chi connectivity index (χ3v) is 6.68. The van der Waals surface area contributed by atoms with Crippen LogP contribution in [0.15, 0.2) is 84.9 Å². The Kier molecular flexibility index (Phi) is 8.66. The fourth-order valence-electron chi connectivity index (χ4n) is 4.32. The van der Waals surface area contributed by atoms with Gasteiger partial charge < -0.3 is 10.2 Å². The van der Waals surface area contributed by atoms with Crippen molar-refractivity contribution in [3.8, 4) is 5.69 Å². The van der Waals surface area contributed by atoms with Gasteiger partial charge in [0.25, 0.3) is 5.91 Å². The number of hydrogen-bond acceptors (Lipinski definition) is 3. The van der Waals surface area contributed by atoms with Gasteiger partial charge in [-0.25, -0.2) is 4.68 Å². The predicted octanol–water partition coefficient (Wildman–Crippen LogP) is 6.82. The van der Waals surface area contributed by atoms with Crippen molar-refractivity contribution in [3.63, 3.8) is 0 Å². The average molecular weight is 563 g/mol. The van der Waals surface area contributed by atoms with Crippen LogP contribution in [0.4, 0.5) is 19.0 Å². The van der Waals surface area contributed by atoms with Crippen molar-refractivity contribution in [2.24, 2.45) is 0 Å². The zero-order chi connectivity index (χ0) is 29.8. The molecule has 4 aromatic rings. The van der Waals surface area contributed by atoms with Gasteiger partial charge in [0.05, 0.1) is 16.9 Å². The summed E-state index contributed by atoms with van der Waals surface area (Å²) in [5.74, 6) is -0.527. The first-order chi connectivity index (χ1) is 19.3. The third-order valence-electron chi connectivity index (χ3n) is 6.68. The van der Waals surface area contributed by atoms with E-state index < -0.39 is 23.6 Å². The minimum atomic E-state index is -4.51. The van der Waals surface area contributed by atoms with E-state index in [1.54, 1.807) is 4.68 Å². The van der Waals surface area contributed by atoms with Crippen molar-refractivity contribution in [1.82, 2.24) is 14.7 Å². The zero-order valence-electron chi connectivity index (χ0n) is 23.5. The second kappa shape index (κ2) is 12.0. The summed E-state index contributed by atoms with van der Waals surface area (Å²) < 4.78 is 40.9. The van der Waals surface area contributed by atoms with Crippen molar-refractivity contribution in [3.05, 3.63) is 113 Å². The fraction of sp³-hybridized carbons (Fsp3) is 0.281. The molecule has 0 saturated heterocycles. The van der Waals surface area contributed by atoms with Crippen LogP contribution < -0.4 is 5.32 Å². The van der Waals surface area contributed by atoms with E-state index in [2.05, 4.69) is 5.32 Å². The maximum absolute atomic E-state index is 13.4. The van der Waals surface area contributed by atoms with E-state index in [9.17, 15) is 22.8 Å². The summed E-state index contributed by atoms with van der Waals surface area (Å²) in [6.45, 7) is 7.93. The zero-order valence-corrected chi connectivity index (χ0v) is 23.5. The van der Waals surface area contributed by atoms with Gasteiger partial charge in [-0.2, -0.15) is 18.3 Å². The number of rotatable bonds is 8. The summed E-state index contributed by atoms with van der Waals surface area (Å²) in [7, 11) is 0. The van der Waals surface area contributed by atoms with Crippen LogP contribution in [0.1, 0.15) is 53.5 Å². The molecule has 1 heterocycles. The number of carbonyl (C=O) groups is 2. The normalized spacial score (nSPS) is 11.8. The first kappa shape index (κ1) is 29.6. The van der Waals surface area contributed by atoms with Crippen LogP contribution in [0.2, 0.25) is 0 Å². The molecule has 0 aliphatic rings. The van der Waals surface area contributed by atoms with Gasteiger partial charge in [0.15, 0.2) is 0 Å². The summed E-state index contributed by atoms with van der Waals surface area (Å²) in [6, 6.07) is 23.0. The Hall–Kier alpha value is -4.40. The second-order valence-electron chi connectivity index (χ2n) is 10.9. The van der Waals surface area contributed by atoms with Crippen molar-refractivity contribution in [2.75, 3.05) is 18.4 Å². The minimum Gasteiger partial charge on any atom is -0.329 e. The number of nitrogens with zero attached hydrogens (tertiary/aromatic N) is 3. The first-order valence-corrected chi connectivity index (χ1v) is 13.3. The lowest BCUT2D eigenvalue weighted by molar-refractivity contribution is -0.137. The van der Waals surface area contributed by atoms with E-state index in [0.717, 1.165) is 46.8 Å². The van der Waals surface area contributed by atoms with E-state index >= 15 is 0 Å². The second-order valence-corrected chi connectivity index (χ2v) is 10.9. The third kappa shape index (κ3) is 7.42. The largest absolute Gasteiger partial charge is 0.416 e. The van der Waals surface area contributed by atoms with Crippen molar-refractivity contribution >= 4 is 17.6 Å². The molecule has 0 radical (unpaired) electrons. The number of aryl methyl sites for hydroxylation is 1. The standard InChI is InChI=1S/C32H33F3N4O2/c1-22-10-8-9-13-26(22)39-28(20-27(37-39)31(2,3)4)36-29(40)21-38(19-18-23-11-6-5-7-12-23)30(41)24-14-16-25(17-15-24)32(33,34)35/h5-17,20H,18-19,21H2,1-4H3,(H,36,40). The first-order valence-electron chi connectivity index (χ1n) is 13.3. The highest BCUT2D eigenvalue weighted by Crippen LogP contribution is 2.30. The van der Waals surface area contributed by atoms with Crippen LogP contribution in [-0.2, 0) is 22.8 Å². The van der Waals surface area contributed by atoms with Gasteiger partial charge >= 0.3 is 6.18 Å². The number of aromatic nitrogens is 2. The molecular weight excluding hydrogens is 529 g/mol. The molecule has 1 aromatic heterocycles. The van der Waals surface area contributed by atoms with E-state index in [-0.39, 0.29) is 24.1 Å². The van der Waals surface area contributed by atoms with Gasteiger partial charge in [0.2, 0.25) is 5.91 Å². The van der Waals surface area contributed by atoms with Crippen LogP contribution in [0.3, 0.4) is 0 Å². The summed E-state index contributed by atoms with van der Waals surface area (Å²) in [5, 5.41) is 7.67. The molecule has 0 aliphatic heterocycles. The smallest absolute Gasteiger partial charge is 0.329 e. The molecule has 1 N–H and O–H groups in total.